The molecule has 1 aliphatic carbocycles. The van der Waals surface area contributed by atoms with E-state index in [-0.39, 0.29) is 11.5 Å². The predicted octanol–water partition coefficient (Wildman–Crippen LogP) is 3.00. The van der Waals surface area contributed by atoms with E-state index in [1.165, 1.54) is 19.3 Å². The van der Waals surface area contributed by atoms with Crippen molar-refractivity contribution in [3.05, 3.63) is 0 Å². The molecule has 1 rings (SSSR count). The topological polar surface area (TPSA) is 64.3 Å². The number of hydrogen-bond donors (Lipinski definition) is 2. The normalized spacial score (nSPS) is 27.3. The van der Waals surface area contributed by atoms with Gasteiger partial charge in [0.25, 0.3) is 0 Å². The summed E-state index contributed by atoms with van der Waals surface area (Å²) in [7, 11) is 0. The first kappa shape index (κ1) is 18.4. The summed E-state index contributed by atoms with van der Waals surface area (Å²) in [5.74, 6) is 0.794. The van der Waals surface area contributed by atoms with Crippen LogP contribution in [0.5, 0.6) is 0 Å². The lowest BCUT2D eigenvalue weighted by Crippen LogP contribution is -2.49. The standard InChI is InChI=1S/C17H34N2O2/c1-4-6-7-12-19-16(20)14(3)21-17(13-18)10-8-15(5-2)9-11-17/h14-15H,4-13,18H2,1-3H3,(H,19,20). The molecule has 3 N–H and O–H groups in total. The lowest BCUT2D eigenvalue weighted by molar-refractivity contribution is -0.150. The minimum Gasteiger partial charge on any atom is -0.361 e. The Hall–Kier alpha value is -0.610. The van der Waals surface area contributed by atoms with Gasteiger partial charge in [-0.1, -0.05) is 33.1 Å². The SMILES string of the molecule is CCCCCNC(=O)C(C)OC1(CN)CCC(CC)CC1. The summed E-state index contributed by atoms with van der Waals surface area (Å²) in [6, 6.07) is 0. The Bertz CT molecular complexity index is 299. The van der Waals surface area contributed by atoms with Crippen LogP contribution in [0.25, 0.3) is 0 Å². The number of unbranched alkanes of at least 4 members (excludes halogenated alkanes) is 2. The van der Waals surface area contributed by atoms with Crippen molar-refractivity contribution in [1.29, 1.82) is 0 Å². The summed E-state index contributed by atoms with van der Waals surface area (Å²) in [6.07, 6.45) is 8.47. The molecule has 1 atom stereocenters. The van der Waals surface area contributed by atoms with Crippen LogP contribution in [0.2, 0.25) is 0 Å². The fourth-order valence-corrected chi connectivity index (χ4v) is 3.14. The van der Waals surface area contributed by atoms with Gasteiger partial charge in [-0.25, -0.2) is 0 Å². The summed E-state index contributed by atoms with van der Waals surface area (Å²) in [5, 5.41) is 2.96. The van der Waals surface area contributed by atoms with Crippen molar-refractivity contribution in [2.75, 3.05) is 13.1 Å². The zero-order chi connectivity index (χ0) is 15.7. The second-order valence-corrected chi connectivity index (χ2v) is 6.50. The van der Waals surface area contributed by atoms with Crippen molar-refractivity contribution in [3.8, 4) is 0 Å². The van der Waals surface area contributed by atoms with Crippen LogP contribution < -0.4 is 11.1 Å². The van der Waals surface area contributed by atoms with Crippen LogP contribution in [-0.2, 0) is 9.53 Å². The predicted molar refractivity (Wildman–Crippen MR) is 87.1 cm³/mol. The molecule has 21 heavy (non-hydrogen) atoms. The number of carbonyl (C=O) groups excluding carboxylic acids is 1. The molecule has 0 aromatic carbocycles. The summed E-state index contributed by atoms with van der Waals surface area (Å²) in [5.41, 5.74) is 5.67. The Kier molecular flexibility index (Phi) is 8.27. The van der Waals surface area contributed by atoms with Gasteiger partial charge in [0.1, 0.15) is 6.10 Å². The lowest BCUT2D eigenvalue weighted by atomic mass is 9.77. The highest BCUT2D eigenvalue weighted by atomic mass is 16.5. The first-order valence-corrected chi connectivity index (χ1v) is 8.72. The number of ether oxygens (including phenoxy) is 1. The Morgan fingerprint density at radius 1 is 1.33 bits per heavy atom. The number of carbonyl (C=O) groups is 1. The molecule has 1 aliphatic rings. The Morgan fingerprint density at radius 2 is 2.00 bits per heavy atom. The van der Waals surface area contributed by atoms with E-state index in [1.807, 2.05) is 6.92 Å². The number of amides is 1. The molecule has 0 aromatic heterocycles. The molecule has 1 unspecified atom stereocenters. The Labute approximate surface area is 130 Å². The van der Waals surface area contributed by atoms with Gasteiger partial charge in [-0.2, -0.15) is 0 Å². The minimum atomic E-state index is -0.409. The summed E-state index contributed by atoms with van der Waals surface area (Å²) in [6.45, 7) is 7.50. The molecule has 124 valence electrons. The van der Waals surface area contributed by atoms with Gasteiger partial charge < -0.3 is 15.8 Å². The van der Waals surface area contributed by atoms with Crippen LogP contribution in [0.4, 0.5) is 0 Å². The monoisotopic (exact) mass is 298 g/mol. The van der Waals surface area contributed by atoms with Crippen molar-refractivity contribution < 1.29 is 9.53 Å². The quantitative estimate of drug-likeness (QED) is 0.643. The highest BCUT2D eigenvalue weighted by molar-refractivity contribution is 5.80. The molecule has 0 saturated heterocycles. The lowest BCUT2D eigenvalue weighted by Gasteiger charge is -2.40. The van der Waals surface area contributed by atoms with E-state index in [0.717, 1.165) is 44.6 Å². The van der Waals surface area contributed by atoms with Crippen LogP contribution in [0.15, 0.2) is 0 Å². The minimum absolute atomic E-state index is 0.00320. The molecule has 1 amide bonds. The maximum atomic E-state index is 12.1. The maximum Gasteiger partial charge on any atom is 0.248 e. The third kappa shape index (κ3) is 5.95. The van der Waals surface area contributed by atoms with Gasteiger partial charge in [0.2, 0.25) is 5.91 Å². The van der Waals surface area contributed by atoms with Gasteiger partial charge in [-0.15, -0.1) is 0 Å². The van der Waals surface area contributed by atoms with Crippen molar-refractivity contribution in [2.24, 2.45) is 11.7 Å². The molecule has 0 heterocycles. The van der Waals surface area contributed by atoms with Gasteiger partial charge >= 0.3 is 0 Å². The fourth-order valence-electron chi connectivity index (χ4n) is 3.14. The first-order chi connectivity index (χ1) is 10.1. The zero-order valence-corrected chi connectivity index (χ0v) is 14.1. The van der Waals surface area contributed by atoms with Crippen LogP contribution in [0, 0.1) is 5.92 Å². The number of nitrogens with two attached hydrogens (primary N) is 1. The summed E-state index contributed by atoms with van der Waals surface area (Å²) in [4.78, 5) is 12.1. The molecule has 1 fully saturated rings. The highest BCUT2D eigenvalue weighted by Crippen LogP contribution is 2.36. The van der Waals surface area contributed by atoms with E-state index in [1.54, 1.807) is 0 Å². The molecule has 0 aromatic rings. The summed E-state index contributed by atoms with van der Waals surface area (Å²) >= 11 is 0. The van der Waals surface area contributed by atoms with Gasteiger partial charge in [0.15, 0.2) is 0 Å². The second kappa shape index (κ2) is 9.42. The van der Waals surface area contributed by atoms with E-state index in [4.69, 9.17) is 10.5 Å². The van der Waals surface area contributed by atoms with Crippen LogP contribution >= 0.6 is 0 Å². The second-order valence-electron chi connectivity index (χ2n) is 6.50. The third-order valence-electron chi connectivity index (χ3n) is 4.84. The molecule has 4 nitrogen and oxygen atoms in total. The zero-order valence-electron chi connectivity index (χ0n) is 14.1. The molecule has 4 heteroatoms. The van der Waals surface area contributed by atoms with Crippen LogP contribution in [-0.4, -0.2) is 30.7 Å². The molecular formula is C17H34N2O2. The fraction of sp³-hybridized carbons (Fsp3) is 0.941. The van der Waals surface area contributed by atoms with E-state index in [9.17, 15) is 4.79 Å². The van der Waals surface area contributed by atoms with Gasteiger partial charge in [0, 0.05) is 13.1 Å². The molecule has 0 aliphatic heterocycles. The maximum absolute atomic E-state index is 12.1. The van der Waals surface area contributed by atoms with Gasteiger partial charge in [0.05, 0.1) is 5.60 Å². The van der Waals surface area contributed by atoms with Crippen LogP contribution in [0.3, 0.4) is 0 Å². The molecule has 0 radical (unpaired) electrons. The number of nitrogens with one attached hydrogen (secondary N) is 1. The first-order valence-electron chi connectivity index (χ1n) is 8.72. The highest BCUT2D eigenvalue weighted by Gasteiger charge is 2.37. The van der Waals surface area contributed by atoms with E-state index >= 15 is 0 Å². The number of rotatable bonds is 9. The van der Waals surface area contributed by atoms with E-state index < -0.39 is 6.10 Å². The molecular weight excluding hydrogens is 264 g/mol. The van der Waals surface area contributed by atoms with Crippen molar-refractivity contribution >= 4 is 5.91 Å². The van der Waals surface area contributed by atoms with Gasteiger partial charge in [-0.05, 0) is 44.9 Å². The molecule has 1 saturated carbocycles. The molecule has 0 bridgehead atoms. The third-order valence-corrected chi connectivity index (χ3v) is 4.84. The Morgan fingerprint density at radius 3 is 2.52 bits per heavy atom. The van der Waals surface area contributed by atoms with E-state index in [0.29, 0.717) is 6.54 Å². The average Bonchev–Trinajstić information content (AvgIpc) is 2.52. The van der Waals surface area contributed by atoms with Gasteiger partial charge in [-0.3, -0.25) is 4.79 Å². The average molecular weight is 298 g/mol. The largest absolute Gasteiger partial charge is 0.361 e. The smallest absolute Gasteiger partial charge is 0.248 e. The summed E-state index contributed by atoms with van der Waals surface area (Å²) < 4.78 is 6.10. The number of hydrogen-bond acceptors (Lipinski definition) is 3. The van der Waals surface area contributed by atoms with Crippen molar-refractivity contribution in [1.82, 2.24) is 5.32 Å². The molecule has 0 spiro atoms. The Balaban J connectivity index is 2.39. The van der Waals surface area contributed by atoms with Crippen LogP contribution in [0.1, 0.15) is 72.1 Å². The van der Waals surface area contributed by atoms with E-state index in [2.05, 4.69) is 19.2 Å². The van der Waals surface area contributed by atoms with Crippen molar-refractivity contribution in [2.45, 2.75) is 83.8 Å². The van der Waals surface area contributed by atoms with Crippen molar-refractivity contribution in [3.63, 3.8) is 0 Å².